The zero-order valence-electron chi connectivity index (χ0n) is 14.8. The summed E-state index contributed by atoms with van der Waals surface area (Å²) in [6.07, 6.45) is 2.84. The zero-order valence-corrected chi connectivity index (χ0v) is 14.8. The number of hydrogen-bond acceptors (Lipinski definition) is 4. The molecule has 0 spiro atoms. The first-order chi connectivity index (χ1) is 11.3. The van der Waals surface area contributed by atoms with Crippen molar-refractivity contribution >= 4 is 18.1 Å². The smallest absolute Gasteiger partial charge is 0.274 e. The van der Waals surface area contributed by atoms with E-state index in [0.717, 1.165) is 17.0 Å². The molecule has 7 nitrogen and oxygen atoms in total. The van der Waals surface area contributed by atoms with Crippen LogP contribution in [0.1, 0.15) is 27.4 Å². The molecule has 2 aromatic heterocycles. The SMILES string of the molecule is Cc1cc(C)nc(CCN(C)C(=O)c2c(N(C)C=O)ncn2C)c1. The minimum Gasteiger partial charge on any atom is -0.340 e. The van der Waals surface area contributed by atoms with Gasteiger partial charge in [0.05, 0.1) is 6.33 Å². The Morgan fingerprint density at radius 1 is 1.29 bits per heavy atom. The molecule has 0 aromatic carbocycles. The van der Waals surface area contributed by atoms with Crippen LogP contribution in [0.25, 0.3) is 0 Å². The topological polar surface area (TPSA) is 71.3 Å². The Hall–Kier alpha value is -2.70. The number of hydrogen-bond donors (Lipinski definition) is 0. The molecule has 0 saturated heterocycles. The van der Waals surface area contributed by atoms with Crippen LogP contribution >= 0.6 is 0 Å². The van der Waals surface area contributed by atoms with E-state index in [-0.39, 0.29) is 5.91 Å². The first-order valence-electron chi connectivity index (χ1n) is 7.72. The highest BCUT2D eigenvalue weighted by Gasteiger charge is 2.22. The van der Waals surface area contributed by atoms with Gasteiger partial charge in [0.1, 0.15) is 0 Å². The van der Waals surface area contributed by atoms with Crippen LogP contribution in [0.2, 0.25) is 0 Å². The summed E-state index contributed by atoms with van der Waals surface area (Å²) in [5.41, 5.74) is 3.48. The van der Waals surface area contributed by atoms with Crippen molar-refractivity contribution in [1.82, 2.24) is 19.4 Å². The van der Waals surface area contributed by atoms with E-state index in [1.54, 1.807) is 30.6 Å². The number of carbonyl (C=O) groups is 2. The minimum absolute atomic E-state index is 0.178. The van der Waals surface area contributed by atoms with Crippen molar-refractivity contribution in [2.45, 2.75) is 20.3 Å². The fourth-order valence-electron chi connectivity index (χ4n) is 2.59. The second-order valence-electron chi connectivity index (χ2n) is 6.00. The van der Waals surface area contributed by atoms with Gasteiger partial charge in [0.25, 0.3) is 5.91 Å². The van der Waals surface area contributed by atoms with Crippen molar-refractivity contribution in [1.29, 1.82) is 0 Å². The molecule has 0 bridgehead atoms. The van der Waals surface area contributed by atoms with E-state index in [1.807, 2.05) is 26.0 Å². The third kappa shape index (κ3) is 3.79. The van der Waals surface area contributed by atoms with Crippen LogP contribution in [0.15, 0.2) is 18.5 Å². The summed E-state index contributed by atoms with van der Waals surface area (Å²) in [7, 11) is 5.05. The first-order valence-corrected chi connectivity index (χ1v) is 7.72. The number of pyridine rings is 1. The van der Waals surface area contributed by atoms with Gasteiger partial charge in [-0.2, -0.15) is 0 Å². The van der Waals surface area contributed by atoms with Gasteiger partial charge in [-0.05, 0) is 31.5 Å². The molecule has 2 amide bonds. The summed E-state index contributed by atoms with van der Waals surface area (Å²) in [6, 6.07) is 4.05. The van der Waals surface area contributed by atoms with E-state index in [4.69, 9.17) is 0 Å². The molecule has 0 saturated carbocycles. The molecule has 0 aliphatic rings. The molecule has 0 radical (unpaired) electrons. The number of aromatic nitrogens is 3. The van der Waals surface area contributed by atoms with Crippen LogP contribution in [-0.4, -0.2) is 52.4 Å². The molecule has 0 atom stereocenters. The van der Waals surface area contributed by atoms with Crippen LogP contribution < -0.4 is 4.90 Å². The van der Waals surface area contributed by atoms with E-state index < -0.39 is 0 Å². The molecule has 128 valence electrons. The highest BCUT2D eigenvalue weighted by molar-refractivity contribution is 5.99. The van der Waals surface area contributed by atoms with Gasteiger partial charge in [0.2, 0.25) is 6.41 Å². The lowest BCUT2D eigenvalue weighted by molar-refractivity contribution is -0.107. The summed E-state index contributed by atoms with van der Waals surface area (Å²) in [4.78, 5) is 35.2. The number of rotatable bonds is 6. The Morgan fingerprint density at radius 3 is 2.62 bits per heavy atom. The molecule has 0 aliphatic carbocycles. The van der Waals surface area contributed by atoms with Gasteiger partial charge in [-0.3, -0.25) is 14.6 Å². The summed E-state index contributed by atoms with van der Waals surface area (Å²) in [5.74, 6) is 0.178. The van der Waals surface area contributed by atoms with Crippen molar-refractivity contribution in [2.75, 3.05) is 25.5 Å². The van der Waals surface area contributed by atoms with Gasteiger partial charge in [-0.1, -0.05) is 0 Å². The normalized spacial score (nSPS) is 10.5. The van der Waals surface area contributed by atoms with Crippen molar-refractivity contribution in [2.24, 2.45) is 7.05 Å². The molecule has 2 heterocycles. The van der Waals surface area contributed by atoms with Crippen LogP contribution in [0.5, 0.6) is 0 Å². The molecule has 0 fully saturated rings. The molecular formula is C17H23N5O2. The van der Waals surface area contributed by atoms with Crippen LogP contribution in [0.4, 0.5) is 5.82 Å². The van der Waals surface area contributed by atoms with Crippen LogP contribution in [-0.2, 0) is 18.3 Å². The Balaban J connectivity index is 2.13. The first kappa shape index (κ1) is 17.7. The monoisotopic (exact) mass is 329 g/mol. The maximum atomic E-state index is 12.7. The molecule has 0 N–H and O–H groups in total. The van der Waals surface area contributed by atoms with Gasteiger partial charge in [-0.25, -0.2) is 4.98 Å². The Labute approximate surface area is 141 Å². The van der Waals surface area contributed by atoms with Gasteiger partial charge in [-0.15, -0.1) is 0 Å². The lowest BCUT2D eigenvalue weighted by Gasteiger charge is -2.19. The highest BCUT2D eigenvalue weighted by Crippen LogP contribution is 2.17. The standard InChI is InChI=1S/C17H23N5O2/c1-12-8-13(2)19-14(9-12)6-7-20(3)17(24)15-16(22(5)11-23)18-10-21(15)4/h8-11H,6-7H2,1-5H3. The quantitative estimate of drug-likeness (QED) is 0.750. The number of nitrogens with zero attached hydrogens (tertiary/aromatic N) is 5. The summed E-state index contributed by atoms with van der Waals surface area (Å²) < 4.78 is 1.63. The van der Waals surface area contributed by atoms with Gasteiger partial charge >= 0.3 is 0 Å². The zero-order chi connectivity index (χ0) is 17.9. The summed E-state index contributed by atoms with van der Waals surface area (Å²) >= 11 is 0. The average Bonchev–Trinajstić information content (AvgIpc) is 2.91. The number of aryl methyl sites for hydroxylation is 3. The maximum absolute atomic E-state index is 12.7. The van der Waals surface area contributed by atoms with Crippen LogP contribution in [0, 0.1) is 13.8 Å². The van der Waals surface area contributed by atoms with E-state index in [0.29, 0.717) is 30.9 Å². The van der Waals surface area contributed by atoms with Gasteiger partial charge in [0, 0.05) is 45.5 Å². The Bertz CT molecular complexity index is 733. The summed E-state index contributed by atoms with van der Waals surface area (Å²) in [5, 5.41) is 0. The molecule has 2 aromatic rings. The van der Waals surface area contributed by atoms with E-state index in [2.05, 4.69) is 9.97 Å². The second-order valence-corrected chi connectivity index (χ2v) is 6.00. The van der Waals surface area contributed by atoms with Gasteiger partial charge in [0.15, 0.2) is 11.5 Å². The number of anilines is 1. The Morgan fingerprint density at radius 2 is 2.00 bits per heavy atom. The minimum atomic E-state index is -0.178. The fraction of sp³-hybridized carbons (Fsp3) is 0.412. The molecular weight excluding hydrogens is 306 g/mol. The molecule has 0 aliphatic heterocycles. The second kappa shape index (κ2) is 7.25. The predicted molar refractivity (Wildman–Crippen MR) is 92.1 cm³/mol. The van der Waals surface area contributed by atoms with Crippen molar-refractivity contribution in [3.05, 3.63) is 41.1 Å². The number of carbonyl (C=O) groups excluding carboxylic acids is 2. The predicted octanol–water partition coefficient (Wildman–Crippen LogP) is 1.34. The van der Waals surface area contributed by atoms with E-state index in [9.17, 15) is 9.59 Å². The fourth-order valence-corrected chi connectivity index (χ4v) is 2.59. The third-order valence-corrected chi connectivity index (χ3v) is 3.81. The lowest BCUT2D eigenvalue weighted by atomic mass is 10.2. The third-order valence-electron chi connectivity index (χ3n) is 3.81. The van der Waals surface area contributed by atoms with E-state index >= 15 is 0 Å². The molecule has 24 heavy (non-hydrogen) atoms. The molecule has 0 unspecified atom stereocenters. The number of amides is 2. The Kier molecular flexibility index (Phi) is 5.33. The maximum Gasteiger partial charge on any atom is 0.274 e. The largest absolute Gasteiger partial charge is 0.340 e. The lowest BCUT2D eigenvalue weighted by Crippen LogP contribution is -2.32. The molecule has 2 rings (SSSR count). The van der Waals surface area contributed by atoms with Crippen LogP contribution in [0.3, 0.4) is 0 Å². The van der Waals surface area contributed by atoms with Crippen molar-refractivity contribution in [3.63, 3.8) is 0 Å². The number of likely N-dealkylation sites (N-methyl/N-ethyl adjacent to an activating group) is 1. The highest BCUT2D eigenvalue weighted by atomic mass is 16.2. The molecule has 7 heteroatoms. The van der Waals surface area contributed by atoms with Crippen molar-refractivity contribution < 1.29 is 9.59 Å². The average molecular weight is 329 g/mol. The summed E-state index contributed by atoms with van der Waals surface area (Å²) in [6.45, 7) is 4.52. The van der Waals surface area contributed by atoms with Gasteiger partial charge < -0.3 is 14.4 Å². The van der Waals surface area contributed by atoms with Crippen molar-refractivity contribution in [3.8, 4) is 0 Å². The van der Waals surface area contributed by atoms with E-state index in [1.165, 1.54) is 11.2 Å². The number of imidazole rings is 1.